The maximum Gasteiger partial charge on any atom is 0.317 e. The first kappa shape index (κ1) is 15.1. The number of carboxylic acids is 1. The van der Waals surface area contributed by atoms with Crippen molar-refractivity contribution >= 4 is 12.0 Å². The molecule has 0 aromatic rings. The van der Waals surface area contributed by atoms with Crippen LogP contribution in [0.2, 0.25) is 0 Å². The molecule has 5 nitrogen and oxygen atoms in total. The van der Waals surface area contributed by atoms with E-state index in [4.69, 9.17) is 5.11 Å². The van der Waals surface area contributed by atoms with Gasteiger partial charge in [0.1, 0.15) is 0 Å². The number of likely N-dealkylation sites (tertiary alicyclic amines) is 1. The van der Waals surface area contributed by atoms with Gasteiger partial charge in [0.25, 0.3) is 0 Å². The van der Waals surface area contributed by atoms with Crippen LogP contribution in [-0.4, -0.2) is 41.1 Å². The number of fused-ring (bicyclic) bond motifs is 1. The molecule has 0 aromatic carbocycles. The highest BCUT2D eigenvalue weighted by atomic mass is 16.4. The Morgan fingerprint density at radius 2 is 1.95 bits per heavy atom. The number of carbonyl (C=O) groups excluding carboxylic acids is 1. The molecule has 2 aliphatic rings. The Kier molecular flexibility index (Phi) is 5.26. The van der Waals surface area contributed by atoms with Crippen molar-refractivity contribution in [3.05, 3.63) is 0 Å². The van der Waals surface area contributed by atoms with Gasteiger partial charge in [-0.3, -0.25) is 4.79 Å². The van der Waals surface area contributed by atoms with Crippen LogP contribution < -0.4 is 5.32 Å². The third-order valence-electron chi connectivity index (χ3n) is 4.82. The number of piperidine rings is 1. The number of carboxylic acid groups (broad SMARTS) is 1. The summed E-state index contributed by atoms with van der Waals surface area (Å²) in [6, 6.07) is -0.341. The lowest BCUT2D eigenvalue weighted by molar-refractivity contribution is -0.137. The summed E-state index contributed by atoms with van der Waals surface area (Å²) in [6.07, 6.45) is 6.93. The second-order valence-corrected chi connectivity index (χ2v) is 6.19. The Morgan fingerprint density at radius 1 is 1.25 bits per heavy atom. The molecule has 0 radical (unpaired) electrons. The highest BCUT2D eigenvalue weighted by Crippen LogP contribution is 2.35. The minimum Gasteiger partial charge on any atom is -0.481 e. The fourth-order valence-corrected chi connectivity index (χ4v) is 3.56. The molecule has 2 N–H and O–H groups in total. The lowest BCUT2D eigenvalue weighted by Gasteiger charge is -2.41. The fourth-order valence-electron chi connectivity index (χ4n) is 3.56. The monoisotopic (exact) mass is 282 g/mol. The molecular formula is C15H26N2O3. The standard InChI is InChI=1S/C15H26N2O3/c1-2-13(9-14(18)19)16-15(20)17-8-7-11-5-3-4-6-12(11)10-17/h11-13H,2-10H2,1H3,(H,16,20)(H,18,19). The van der Waals surface area contributed by atoms with Crippen molar-refractivity contribution < 1.29 is 14.7 Å². The van der Waals surface area contributed by atoms with E-state index in [1.807, 2.05) is 11.8 Å². The van der Waals surface area contributed by atoms with Crippen LogP contribution in [0.3, 0.4) is 0 Å². The summed E-state index contributed by atoms with van der Waals surface area (Å²) in [5.41, 5.74) is 0. The van der Waals surface area contributed by atoms with Crippen molar-refractivity contribution in [1.82, 2.24) is 10.2 Å². The highest BCUT2D eigenvalue weighted by molar-refractivity contribution is 5.76. The van der Waals surface area contributed by atoms with E-state index >= 15 is 0 Å². The van der Waals surface area contributed by atoms with Gasteiger partial charge in [-0.15, -0.1) is 0 Å². The maximum absolute atomic E-state index is 12.2. The Labute approximate surface area is 120 Å². The number of amides is 2. The zero-order chi connectivity index (χ0) is 14.5. The van der Waals surface area contributed by atoms with E-state index in [1.165, 1.54) is 25.7 Å². The molecule has 2 rings (SSSR count). The summed E-state index contributed by atoms with van der Waals surface area (Å²) in [4.78, 5) is 24.9. The van der Waals surface area contributed by atoms with Gasteiger partial charge in [-0.05, 0) is 31.1 Å². The van der Waals surface area contributed by atoms with Gasteiger partial charge in [0.2, 0.25) is 0 Å². The molecule has 1 saturated heterocycles. The van der Waals surface area contributed by atoms with Gasteiger partial charge in [0.05, 0.1) is 6.42 Å². The van der Waals surface area contributed by atoms with Crippen LogP contribution >= 0.6 is 0 Å². The van der Waals surface area contributed by atoms with E-state index in [9.17, 15) is 9.59 Å². The van der Waals surface area contributed by atoms with Crippen molar-refractivity contribution in [2.24, 2.45) is 11.8 Å². The molecule has 1 aliphatic heterocycles. The Morgan fingerprint density at radius 3 is 2.60 bits per heavy atom. The van der Waals surface area contributed by atoms with Gasteiger partial charge in [-0.1, -0.05) is 26.2 Å². The smallest absolute Gasteiger partial charge is 0.317 e. The number of hydrogen-bond donors (Lipinski definition) is 2. The van der Waals surface area contributed by atoms with Gasteiger partial charge < -0.3 is 15.3 Å². The van der Waals surface area contributed by atoms with Crippen LogP contribution in [0, 0.1) is 11.8 Å². The quantitative estimate of drug-likeness (QED) is 0.832. The number of aliphatic carboxylic acids is 1. The predicted molar refractivity (Wildman–Crippen MR) is 76.5 cm³/mol. The largest absolute Gasteiger partial charge is 0.481 e. The van der Waals surface area contributed by atoms with Gasteiger partial charge in [0.15, 0.2) is 0 Å². The molecule has 114 valence electrons. The van der Waals surface area contributed by atoms with E-state index < -0.39 is 5.97 Å². The molecule has 2 fully saturated rings. The van der Waals surface area contributed by atoms with Crippen LogP contribution in [0.4, 0.5) is 4.79 Å². The molecule has 3 unspecified atom stereocenters. The molecule has 0 aromatic heterocycles. The predicted octanol–water partition coefficient (Wildman–Crippen LogP) is 2.46. The highest BCUT2D eigenvalue weighted by Gasteiger charge is 2.33. The molecular weight excluding hydrogens is 256 g/mol. The first-order chi connectivity index (χ1) is 9.60. The van der Waals surface area contributed by atoms with E-state index in [1.54, 1.807) is 0 Å². The summed E-state index contributed by atoms with van der Waals surface area (Å²) >= 11 is 0. The number of carbonyl (C=O) groups is 2. The van der Waals surface area contributed by atoms with Crippen molar-refractivity contribution in [1.29, 1.82) is 0 Å². The first-order valence-electron chi connectivity index (χ1n) is 7.87. The molecule has 1 saturated carbocycles. The molecule has 3 atom stereocenters. The van der Waals surface area contributed by atoms with Gasteiger partial charge in [-0.25, -0.2) is 4.79 Å². The minimum absolute atomic E-state index is 0.00212. The zero-order valence-corrected chi connectivity index (χ0v) is 12.3. The summed E-state index contributed by atoms with van der Waals surface area (Å²) in [6.45, 7) is 3.57. The molecule has 1 heterocycles. The van der Waals surface area contributed by atoms with Crippen LogP contribution in [0.1, 0.15) is 51.9 Å². The Bertz CT molecular complexity index is 359. The molecule has 0 spiro atoms. The molecule has 1 aliphatic carbocycles. The van der Waals surface area contributed by atoms with Crippen molar-refractivity contribution in [2.75, 3.05) is 13.1 Å². The number of nitrogens with zero attached hydrogens (tertiary/aromatic N) is 1. The lowest BCUT2D eigenvalue weighted by atomic mass is 9.75. The van der Waals surface area contributed by atoms with E-state index in [2.05, 4.69) is 5.32 Å². The van der Waals surface area contributed by atoms with Crippen molar-refractivity contribution in [3.63, 3.8) is 0 Å². The maximum atomic E-state index is 12.2. The van der Waals surface area contributed by atoms with Crippen LogP contribution in [0.25, 0.3) is 0 Å². The molecule has 0 bridgehead atoms. The van der Waals surface area contributed by atoms with Gasteiger partial charge >= 0.3 is 12.0 Å². The topological polar surface area (TPSA) is 69.6 Å². The average molecular weight is 282 g/mol. The normalized spacial score (nSPS) is 27.6. The second kappa shape index (κ2) is 6.95. The van der Waals surface area contributed by atoms with Crippen LogP contribution in [0.15, 0.2) is 0 Å². The molecule has 2 amide bonds. The van der Waals surface area contributed by atoms with Crippen molar-refractivity contribution in [3.8, 4) is 0 Å². The van der Waals surface area contributed by atoms with E-state index in [0.29, 0.717) is 12.3 Å². The third kappa shape index (κ3) is 3.87. The minimum atomic E-state index is -0.858. The Balaban J connectivity index is 1.84. The van der Waals surface area contributed by atoms with E-state index in [-0.39, 0.29) is 18.5 Å². The zero-order valence-electron chi connectivity index (χ0n) is 12.3. The summed E-state index contributed by atoms with van der Waals surface area (Å²) in [5, 5.41) is 11.7. The number of urea groups is 1. The van der Waals surface area contributed by atoms with Crippen LogP contribution in [0.5, 0.6) is 0 Å². The average Bonchev–Trinajstić information content (AvgIpc) is 2.45. The van der Waals surface area contributed by atoms with E-state index in [0.717, 1.165) is 25.4 Å². The number of rotatable bonds is 4. The van der Waals surface area contributed by atoms with Gasteiger partial charge in [-0.2, -0.15) is 0 Å². The summed E-state index contributed by atoms with van der Waals surface area (Å²) < 4.78 is 0. The third-order valence-corrected chi connectivity index (χ3v) is 4.82. The fraction of sp³-hybridized carbons (Fsp3) is 0.867. The first-order valence-corrected chi connectivity index (χ1v) is 7.87. The SMILES string of the molecule is CCC(CC(=O)O)NC(=O)N1CCC2CCCCC2C1. The molecule has 5 heteroatoms. The summed E-state index contributed by atoms with van der Waals surface area (Å²) in [5.74, 6) is 0.597. The summed E-state index contributed by atoms with van der Waals surface area (Å²) in [7, 11) is 0. The Hall–Kier alpha value is -1.26. The second-order valence-electron chi connectivity index (χ2n) is 6.19. The number of hydrogen-bond acceptors (Lipinski definition) is 2. The van der Waals surface area contributed by atoms with Crippen LogP contribution in [-0.2, 0) is 4.79 Å². The molecule has 20 heavy (non-hydrogen) atoms. The van der Waals surface area contributed by atoms with Gasteiger partial charge in [0, 0.05) is 19.1 Å². The number of nitrogens with one attached hydrogen (secondary N) is 1. The lowest BCUT2D eigenvalue weighted by Crippen LogP contribution is -2.51. The van der Waals surface area contributed by atoms with Crippen molar-refractivity contribution in [2.45, 2.75) is 57.9 Å².